The number of benzene rings is 1. The molecule has 10 nitrogen and oxygen atoms in total. The monoisotopic (exact) mass is 677 g/mol. The van der Waals surface area contributed by atoms with Crippen LogP contribution in [0.3, 0.4) is 0 Å². The topological polar surface area (TPSA) is 125 Å². The number of amides is 3. The van der Waals surface area contributed by atoms with Gasteiger partial charge in [-0.25, -0.2) is 0 Å². The lowest BCUT2D eigenvalue weighted by atomic mass is 9.74. The van der Waals surface area contributed by atoms with Crippen molar-refractivity contribution < 1.29 is 33.8 Å². The Bertz CT molecular complexity index is 1340. The Balaban J connectivity index is 1.67. The number of likely N-dealkylation sites (tertiary alicyclic amines) is 1. The number of ether oxygens (including phenoxy) is 2. The first-order chi connectivity index (χ1) is 20.5. The predicted octanol–water partition coefficient (Wildman–Crippen LogP) is 3.35. The first-order valence-corrected chi connectivity index (χ1v) is 15.9. The van der Waals surface area contributed by atoms with Crippen LogP contribution in [0, 0.1) is 17.8 Å². The van der Waals surface area contributed by atoms with Gasteiger partial charge in [-0.15, -0.1) is 0 Å². The number of aliphatic hydroxyl groups is 1. The van der Waals surface area contributed by atoms with Crippen LogP contribution in [-0.4, -0.2) is 83.3 Å². The third kappa shape index (κ3) is 5.65. The molecule has 1 aromatic rings. The van der Waals surface area contributed by atoms with Crippen molar-refractivity contribution in [3.63, 3.8) is 0 Å². The average Bonchev–Trinajstić information content (AvgIpc) is 3.57. The zero-order chi connectivity index (χ0) is 31.1. The number of carbonyl (C=O) groups is 4. The number of fused-ring (bicyclic) bond motifs is 2. The van der Waals surface area contributed by atoms with Crippen LogP contribution in [-0.2, 0) is 28.7 Å². The van der Waals surface area contributed by atoms with E-state index in [1.807, 2.05) is 26.0 Å². The summed E-state index contributed by atoms with van der Waals surface area (Å²) >= 11 is 9.71. The molecule has 8 atom stereocenters. The second kappa shape index (κ2) is 12.7. The Morgan fingerprint density at radius 3 is 2.56 bits per heavy atom. The van der Waals surface area contributed by atoms with Crippen molar-refractivity contribution in [1.82, 2.24) is 10.2 Å². The lowest BCUT2D eigenvalue weighted by molar-refractivity contribution is -0.159. The number of nitrogens with zero attached hydrogens (tertiary/aromatic N) is 2. The van der Waals surface area contributed by atoms with Crippen molar-refractivity contribution in [2.45, 2.75) is 69.9 Å². The van der Waals surface area contributed by atoms with Crippen LogP contribution in [0.1, 0.15) is 40.0 Å². The molecule has 4 aliphatic heterocycles. The fourth-order valence-corrected chi connectivity index (χ4v) is 7.51. The van der Waals surface area contributed by atoms with E-state index in [-0.39, 0.29) is 37.9 Å². The van der Waals surface area contributed by atoms with Gasteiger partial charge in [-0.3, -0.25) is 19.2 Å². The zero-order valence-corrected chi connectivity index (χ0v) is 26.7. The molecule has 4 heterocycles. The van der Waals surface area contributed by atoms with E-state index in [0.717, 1.165) is 0 Å². The molecule has 3 amide bonds. The average molecular weight is 679 g/mol. The van der Waals surface area contributed by atoms with E-state index in [1.54, 1.807) is 42.2 Å². The van der Waals surface area contributed by atoms with E-state index < -0.39 is 59.5 Å². The number of hydrogen-bond acceptors (Lipinski definition) is 7. The molecule has 2 saturated heterocycles. The van der Waals surface area contributed by atoms with Crippen LogP contribution in [0.15, 0.2) is 47.0 Å². The highest BCUT2D eigenvalue weighted by atomic mass is 79.9. The maximum Gasteiger partial charge on any atom is 0.313 e. The maximum absolute atomic E-state index is 14.9. The van der Waals surface area contributed by atoms with Gasteiger partial charge in [0.1, 0.15) is 29.8 Å². The van der Waals surface area contributed by atoms with Gasteiger partial charge in [0.05, 0.1) is 25.1 Å². The molecule has 5 rings (SSSR count). The van der Waals surface area contributed by atoms with E-state index in [0.29, 0.717) is 28.0 Å². The van der Waals surface area contributed by atoms with Crippen molar-refractivity contribution in [1.29, 1.82) is 0 Å². The lowest BCUT2D eigenvalue weighted by Gasteiger charge is -2.40. The number of anilines is 1. The summed E-state index contributed by atoms with van der Waals surface area (Å²) in [5.74, 6) is -3.92. The number of rotatable bonds is 5. The van der Waals surface area contributed by atoms with Gasteiger partial charge >= 0.3 is 5.97 Å². The molecule has 0 unspecified atom stereocenters. The van der Waals surface area contributed by atoms with Crippen LogP contribution in [0.2, 0.25) is 5.02 Å². The Hall–Kier alpha value is -2.73. The summed E-state index contributed by atoms with van der Waals surface area (Å²) < 4.78 is 12.8. The molecular weight excluding hydrogens is 642 g/mol. The van der Waals surface area contributed by atoms with Gasteiger partial charge in [0.2, 0.25) is 11.8 Å². The third-order valence-corrected chi connectivity index (χ3v) is 9.95. The highest BCUT2D eigenvalue weighted by molar-refractivity contribution is 9.11. The second-order valence-electron chi connectivity index (χ2n) is 11.7. The minimum Gasteiger partial charge on any atom is -0.460 e. The normalized spacial score (nSPS) is 33.5. The SMILES string of the molecule is CC[C@H](C)[C@H](CO)N1C(=O)[C@@H]2[C@H]3C(=O)O[C@@H](C)CNC(=O)CC/C=C\CN(c4ccc(Cl)cc4)C(=O)[C@@H]1[C@]21C=C(Br)[C@H]3O1. The van der Waals surface area contributed by atoms with Gasteiger partial charge < -0.3 is 29.7 Å². The van der Waals surface area contributed by atoms with E-state index in [4.69, 9.17) is 21.1 Å². The molecule has 2 N–H and O–H groups in total. The molecule has 1 aromatic carbocycles. The molecule has 2 fully saturated rings. The van der Waals surface area contributed by atoms with Gasteiger partial charge in [-0.05, 0) is 49.6 Å². The van der Waals surface area contributed by atoms with Gasteiger partial charge in [0.25, 0.3) is 5.91 Å². The van der Waals surface area contributed by atoms with Crippen LogP contribution in [0.25, 0.3) is 0 Å². The molecule has 0 radical (unpaired) electrons. The van der Waals surface area contributed by atoms with E-state index >= 15 is 0 Å². The second-order valence-corrected chi connectivity index (χ2v) is 13.0. The molecule has 5 bridgehead atoms. The fourth-order valence-electron chi connectivity index (χ4n) is 6.65. The van der Waals surface area contributed by atoms with Gasteiger partial charge in [0.15, 0.2) is 0 Å². The van der Waals surface area contributed by atoms with Gasteiger partial charge in [0, 0.05) is 28.2 Å². The third-order valence-electron chi connectivity index (χ3n) is 9.02. The molecule has 0 aliphatic carbocycles. The van der Waals surface area contributed by atoms with Crippen LogP contribution >= 0.6 is 27.5 Å². The maximum atomic E-state index is 14.9. The number of cyclic esters (lactones) is 1. The molecular formula is C31H37BrClN3O7. The van der Waals surface area contributed by atoms with Crippen LogP contribution in [0.5, 0.6) is 0 Å². The van der Waals surface area contributed by atoms with Gasteiger partial charge in [-0.2, -0.15) is 0 Å². The minimum absolute atomic E-state index is 0.117. The Labute approximate surface area is 264 Å². The number of nitrogens with one attached hydrogen (secondary N) is 1. The summed E-state index contributed by atoms with van der Waals surface area (Å²) in [5, 5.41) is 13.9. The summed E-state index contributed by atoms with van der Waals surface area (Å²) in [4.78, 5) is 58.4. The summed E-state index contributed by atoms with van der Waals surface area (Å²) in [6.07, 6.45) is 5.21. The Morgan fingerprint density at radius 2 is 1.88 bits per heavy atom. The Kier molecular flexibility index (Phi) is 9.37. The summed E-state index contributed by atoms with van der Waals surface area (Å²) in [5.41, 5.74) is -0.923. The molecule has 232 valence electrons. The molecule has 1 spiro atoms. The Morgan fingerprint density at radius 1 is 1.16 bits per heavy atom. The number of esters is 1. The smallest absolute Gasteiger partial charge is 0.313 e. The largest absolute Gasteiger partial charge is 0.460 e. The summed E-state index contributed by atoms with van der Waals surface area (Å²) in [7, 11) is 0. The fraction of sp³-hybridized carbons (Fsp3) is 0.548. The standard InChI is InChI=1S/C31H37BrClN3O7/c1-4-17(2)22(16-37)36-27-29(40)35(20-11-9-19(33)10-12-20)13-7-5-6-8-23(38)34-15-18(3)42-30(41)24-25(28(36)39)31(27)14-21(32)26(24)43-31/h5,7,9-12,14,17-18,22,24-27,37H,4,6,8,13,15-16H2,1-3H3,(H,34,38)/b7-5-/t17-,18-,22-,24+,25-,26+,27+,31-/m0/s1. The molecule has 43 heavy (non-hydrogen) atoms. The predicted molar refractivity (Wildman–Crippen MR) is 163 cm³/mol. The van der Waals surface area contributed by atoms with Crippen molar-refractivity contribution in [3.05, 3.63) is 52.0 Å². The molecule has 12 heteroatoms. The minimum atomic E-state index is -1.47. The molecule has 0 saturated carbocycles. The first kappa shape index (κ1) is 31.7. The van der Waals surface area contributed by atoms with Gasteiger partial charge in [-0.1, -0.05) is 60.0 Å². The van der Waals surface area contributed by atoms with E-state index in [1.165, 1.54) is 4.90 Å². The quantitative estimate of drug-likeness (QED) is 0.362. The van der Waals surface area contributed by atoms with Crippen molar-refractivity contribution in [3.8, 4) is 0 Å². The summed E-state index contributed by atoms with van der Waals surface area (Å²) in [6.45, 7) is 5.44. The van der Waals surface area contributed by atoms with Crippen molar-refractivity contribution in [2.75, 3.05) is 24.6 Å². The first-order valence-electron chi connectivity index (χ1n) is 14.7. The highest BCUT2D eigenvalue weighted by Gasteiger charge is 2.75. The number of carbonyl (C=O) groups excluding carboxylic acids is 4. The number of halogens is 2. The van der Waals surface area contributed by atoms with Crippen molar-refractivity contribution >= 4 is 56.9 Å². The molecule has 4 aliphatic rings. The number of hydrogen-bond donors (Lipinski definition) is 2. The van der Waals surface area contributed by atoms with E-state index in [2.05, 4.69) is 21.2 Å². The van der Waals surface area contributed by atoms with Crippen molar-refractivity contribution in [2.24, 2.45) is 17.8 Å². The number of aliphatic hydroxyl groups excluding tert-OH is 1. The van der Waals surface area contributed by atoms with Crippen LogP contribution < -0.4 is 10.2 Å². The summed E-state index contributed by atoms with van der Waals surface area (Å²) in [6, 6.07) is 4.93. The van der Waals surface area contributed by atoms with Crippen LogP contribution in [0.4, 0.5) is 5.69 Å². The van der Waals surface area contributed by atoms with E-state index in [9.17, 15) is 24.3 Å². The highest BCUT2D eigenvalue weighted by Crippen LogP contribution is 2.59. The lowest BCUT2D eigenvalue weighted by Crippen LogP contribution is -2.59. The zero-order valence-electron chi connectivity index (χ0n) is 24.4. The number of allylic oxidation sites excluding steroid dienone is 1. The molecule has 0 aromatic heterocycles.